The lowest BCUT2D eigenvalue weighted by Gasteiger charge is -2.15. The van der Waals surface area contributed by atoms with Crippen molar-refractivity contribution in [1.82, 2.24) is 19.7 Å². The molecule has 0 aliphatic carbocycles. The van der Waals surface area contributed by atoms with E-state index < -0.39 is 0 Å². The molecule has 0 radical (unpaired) electrons. The van der Waals surface area contributed by atoms with E-state index in [0.29, 0.717) is 23.0 Å². The van der Waals surface area contributed by atoms with Crippen LogP contribution in [0.2, 0.25) is 5.15 Å². The zero-order chi connectivity index (χ0) is 17.3. The van der Waals surface area contributed by atoms with E-state index in [1.54, 1.807) is 34.9 Å². The number of hydrogen-bond donors (Lipinski definition) is 0. The first-order chi connectivity index (χ1) is 11.5. The van der Waals surface area contributed by atoms with Gasteiger partial charge in [0.05, 0.1) is 34.2 Å². The summed E-state index contributed by atoms with van der Waals surface area (Å²) in [5.74, 6) is -0.162. The number of carbonyl (C=O) groups excluding carboxylic acids is 1. The molecule has 0 saturated carbocycles. The Bertz CT molecular complexity index is 872. The highest BCUT2D eigenvalue weighted by Crippen LogP contribution is 2.25. The SMILES string of the molecule is Cc1nc(CN(C)C(=O)c2c(C)nn(-c3ccccc3)c2Cl)cs1. The Kier molecular flexibility index (Phi) is 4.69. The topological polar surface area (TPSA) is 51.0 Å². The number of benzene rings is 1. The summed E-state index contributed by atoms with van der Waals surface area (Å²) >= 11 is 8.02. The number of aromatic nitrogens is 3. The van der Waals surface area contributed by atoms with Gasteiger partial charge in [-0.3, -0.25) is 4.79 Å². The van der Waals surface area contributed by atoms with Crippen LogP contribution in [0.1, 0.15) is 26.8 Å². The Morgan fingerprint density at radius 1 is 1.29 bits per heavy atom. The quantitative estimate of drug-likeness (QED) is 0.709. The number of para-hydroxylation sites is 1. The smallest absolute Gasteiger partial charge is 0.259 e. The molecule has 2 aromatic heterocycles. The van der Waals surface area contributed by atoms with Gasteiger partial charge in [0, 0.05) is 12.4 Å². The van der Waals surface area contributed by atoms with Gasteiger partial charge in [0.2, 0.25) is 0 Å². The van der Waals surface area contributed by atoms with Gasteiger partial charge >= 0.3 is 0 Å². The molecular weight excluding hydrogens is 344 g/mol. The molecule has 0 bridgehead atoms. The van der Waals surface area contributed by atoms with Crippen LogP contribution in [0.15, 0.2) is 35.7 Å². The summed E-state index contributed by atoms with van der Waals surface area (Å²) in [6.07, 6.45) is 0. The molecule has 124 valence electrons. The van der Waals surface area contributed by atoms with Crippen LogP contribution in [0.5, 0.6) is 0 Å². The maximum absolute atomic E-state index is 12.8. The minimum Gasteiger partial charge on any atom is -0.336 e. The molecular formula is C17H17ClN4OS. The minimum absolute atomic E-state index is 0.162. The molecule has 7 heteroatoms. The van der Waals surface area contributed by atoms with Crippen LogP contribution in [-0.4, -0.2) is 32.6 Å². The number of aryl methyl sites for hydroxylation is 2. The van der Waals surface area contributed by atoms with Crippen molar-refractivity contribution in [3.05, 3.63) is 62.8 Å². The second-order valence-corrected chi connectivity index (χ2v) is 6.94. The average molecular weight is 361 g/mol. The number of nitrogens with zero attached hydrogens (tertiary/aromatic N) is 4. The third kappa shape index (κ3) is 3.20. The van der Waals surface area contributed by atoms with Crippen molar-refractivity contribution in [1.29, 1.82) is 0 Å². The number of carbonyl (C=O) groups is 1. The van der Waals surface area contributed by atoms with Crippen LogP contribution in [0.25, 0.3) is 5.69 Å². The second kappa shape index (κ2) is 6.75. The lowest BCUT2D eigenvalue weighted by Crippen LogP contribution is -2.27. The van der Waals surface area contributed by atoms with E-state index >= 15 is 0 Å². The largest absolute Gasteiger partial charge is 0.336 e. The van der Waals surface area contributed by atoms with Crippen molar-refractivity contribution in [3.63, 3.8) is 0 Å². The lowest BCUT2D eigenvalue weighted by molar-refractivity contribution is 0.0783. The third-order valence-corrected chi connectivity index (χ3v) is 4.80. The fraction of sp³-hybridized carbons (Fsp3) is 0.235. The van der Waals surface area contributed by atoms with E-state index in [1.807, 2.05) is 42.6 Å². The maximum atomic E-state index is 12.8. The van der Waals surface area contributed by atoms with Crippen LogP contribution in [0, 0.1) is 13.8 Å². The van der Waals surface area contributed by atoms with Gasteiger partial charge in [-0.05, 0) is 26.0 Å². The molecule has 2 heterocycles. The summed E-state index contributed by atoms with van der Waals surface area (Å²) in [5.41, 5.74) is 2.73. The fourth-order valence-corrected chi connectivity index (χ4v) is 3.43. The summed E-state index contributed by atoms with van der Waals surface area (Å²) in [5, 5.41) is 7.69. The van der Waals surface area contributed by atoms with Crippen molar-refractivity contribution < 1.29 is 4.79 Å². The highest BCUT2D eigenvalue weighted by atomic mass is 35.5. The number of rotatable bonds is 4. The van der Waals surface area contributed by atoms with Crippen molar-refractivity contribution in [2.45, 2.75) is 20.4 Å². The zero-order valence-corrected chi connectivity index (χ0v) is 15.2. The molecule has 1 aromatic carbocycles. The van der Waals surface area contributed by atoms with Crippen LogP contribution in [-0.2, 0) is 6.54 Å². The molecule has 0 atom stereocenters. The van der Waals surface area contributed by atoms with Crippen LogP contribution < -0.4 is 0 Å². The molecule has 3 rings (SSSR count). The standard InChI is InChI=1S/C17H17ClN4OS/c1-11-15(16(18)22(20-11)14-7-5-4-6-8-14)17(23)21(3)9-13-10-24-12(2)19-13/h4-8,10H,9H2,1-3H3. The number of thiazole rings is 1. The number of halogens is 1. The maximum Gasteiger partial charge on any atom is 0.259 e. The van der Waals surface area contributed by atoms with Crippen LogP contribution >= 0.6 is 22.9 Å². The summed E-state index contributed by atoms with van der Waals surface area (Å²) in [6.45, 7) is 4.18. The predicted octanol–water partition coefficient (Wildman–Crippen LogP) is 3.87. The summed E-state index contributed by atoms with van der Waals surface area (Å²) in [4.78, 5) is 18.8. The van der Waals surface area contributed by atoms with Crippen molar-refractivity contribution in [2.24, 2.45) is 0 Å². The molecule has 0 aliphatic heterocycles. The molecule has 0 N–H and O–H groups in total. The monoisotopic (exact) mass is 360 g/mol. The first kappa shape index (κ1) is 16.7. The van der Waals surface area contributed by atoms with Gasteiger partial charge in [0.1, 0.15) is 5.15 Å². The molecule has 1 amide bonds. The van der Waals surface area contributed by atoms with E-state index in [0.717, 1.165) is 16.4 Å². The van der Waals surface area contributed by atoms with Gasteiger partial charge in [0.15, 0.2) is 0 Å². The van der Waals surface area contributed by atoms with E-state index in [1.165, 1.54) is 0 Å². The molecule has 3 aromatic rings. The van der Waals surface area contributed by atoms with Gasteiger partial charge in [-0.15, -0.1) is 11.3 Å². The Morgan fingerprint density at radius 3 is 2.62 bits per heavy atom. The second-order valence-electron chi connectivity index (χ2n) is 5.52. The van der Waals surface area contributed by atoms with Gasteiger partial charge in [-0.25, -0.2) is 9.67 Å². The molecule has 24 heavy (non-hydrogen) atoms. The van der Waals surface area contributed by atoms with E-state index in [2.05, 4.69) is 10.1 Å². The van der Waals surface area contributed by atoms with E-state index in [4.69, 9.17) is 11.6 Å². The molecule has 0 aliphatic rings. The minimum atomic E-state index is -0.162. The molecule has 0 spiro atoms. The number of hydrogen-bond acceptors (Lipinski definition) is 4. The Balaban J connectivity index is 1.88. The van der Waals surface area contributed by atoms with Gasteiger partial charge in [-0.2, -0.15) is 5.10 Å². The normalized spacial score (nSPS) is 10.8. The first-order valence-corrected chi connectivity index (χ1v) is 8.70. The molecule has 0 fully saturated rings. The highest BCUT2D eigenvalue weighted by Gasteiger charge is 2.24. The Hall–Kier alpha value is -2.18. The predicted molar refractivity (Wildman–Crippen MR) is 96.0 cm³/mol. The lowest BCUT2D eigenvalue weighted by atomic mass is 10.2. The molecule has 0 unspecified atom stereocenters. The van der Waals surface area contributed by atoms with E-state index in [9.17, 15) is 4.79 Å². The van der Waals surface area contributed by atoms with Crippen molar-refractivity contribution in [3.8, 4) is 5.69 Å². The van der Waals surface area contributed by atoms with Crippen molar-refractivity contribution >= 4 is 28.8 Å². The van der Waals surface area contributed by atoms with Crippen molar-refractivity contribution in [2.75, 3.05) is 7.05 Å². The number of amides is 1. The average Bonchev–Trinajstić information content (AvgIpc) is 3.10. The van der Waals surface area contributed by atoms with Gasteiger partial charge < -0.3 is 4.90 Å². The third-order valence-electron chi connectivity index (χ3n) is 3.63. The van der Waals surface area contributed by atoms with Gasteiger partial charge in [-0.1, -0.05) is 29.8 Å². The highest BCUT2D eigenvalue weighted by molar-refractivity contribution is 7.09. The Morgan fingerprint density at radius 2 is 2.00 bits per heavy atom. The summed E-state index contributed by atoms with van der Waals surface area (Å²) in [6, 6.07) is 9.52. The summed E-state index contributed by atoms with van der Waals surface area (Å²) in [7, 11) is 1.74. The fourth-order valence-electron chi connectivity index (χ4n) is 2.47. The van der Waals surface area contributed by atoms with E-state index in [-0.39, 0.29) is 5.91 Å². The molecule has 0 saturated heterocycles. The first-order valence-electron chi connectivity index (χ1n) is 7.44. The molecule has 5 nitrogen and oxygen atoms in total. The Labute approximate surface area is 149 Å². The zero-order valence-electron chi connectivity index (χ0n) is 13.7. The van der Waals surface area contributed by atoms with Crippen LogP contribution in [0.3, 0.4) is 0 Å². The van der Waals surface area contributed by atoms with Gasteiger partial charge in [0.25, 0.3) is 5.91 Å². The van der Waals surface area contributed by atoms with Crippen LogP contribution in [0.4, 0.5) is 0 Å². The summed E-state index contributed by atoms with van der Waals surface area (Å²) < 4.78 is 1.59.